The zero-order valence-corrected chi connectivity index (χ0v) is 12.1. The first kappa shape index (κ1) is 12.0. The fourth-order valence-corrected chi connectivity index (χ4v) is 3.83. The third-order valence-corrected chi connectivity index (χ3v) is 5.07. The molecule has 0 unspecified atom stereocenters. The molecule has 2 nitrogen and oxygen atoms in total. The van der Waals surface area contributed by atoms with Gasteiger partial charge in [0.05, 0.1) is 6.04 Å². The van der Waals surface area contributed by atoms with E-state index in [1.807, 2.05) is 0 Å². The van der Waals surface area contributed by atoms with Crippen LogP contribution in [0.1, 0.15) is 41.1 Å². The van der Waals surface area contributed by atoms with Crippen molar-refractivity contribution in [3.63, 3.8) is 0 Å². The van der Waals surface area contributed by atoms with Gasteiger partial charge in [-0.25, -0.2) is 0 Å². The number of nitrogens with zero attached hydrogens (tertiary/aromatic N) is 1. The molecule has 2 aliphatic rings. The molecular weight excluding hydrogens is 246 g/mol. The molecule has 4 rings (SSSR count). The highest BCUT2D eigenvalue weighted by molar-refractivity contribution is 5.89. The molecule has 102 valence electrons. The Kier molecular flexibility index (Phi) is 2.44. The number of carbonyl (C=O) groups excluding carboxylic acids is 1. The Morgan fingerprint density at radius 2 is 1.90 bits per heavy atom. The van der Waals surface area contributed by atoms with E-state index < -0.39 is 0 Å². The summed E-state index contributed by atoms with van der Waals surface area (Å²) in [6.45, 7) is 5.25. The van der Waals surface area contributed by atoms with Crippen LogP contribution in [-0.2, 0) is 11.2 Å². The van der Waals surface area contributed by atoms with Gasteiger partial charge in [0.25, 0.3) is 0 Å². The van der Waals surface area contributed by atoms with Crippen LogP contribution in [0.25, 0.3) is 10.8 Å². The fraction of sp³-hybridized carbons (Fsp3) is 0.389. The molecule has 0 saturated carbocycles. The first-order valence-electron chi connectivity index (χ1n) is 7.47. The first-order valence-corrected chi connectivity index (χ1v) is 7.47. The molecular formula is C18H19NO. The molecule has 0 spiro atoms. The molecule has 2 aliphatic heterocycles. The largest absolute Gasteiger partial charge is 0.335 e. The van der Waals surface area contributed by atoms with Gasteiger partial charge in [0.1, 0.15) is 0 Å². The zero-order chi connectivity index (χ0) is 13.9. The summed E-state index contributed by atoms with van der Waals surface area (Å²) in [6, 6.07) is 9.43. The monoisotopic (exact) mass is 265 g/mol. The number of amides is 1. The lowest BCUT2D eigenvalue weighted by Crippen LogP contribution is -2.34. The summed E-state index contributed by atoms with van der Waals surface area (Å²) in [6.07, 6.45) is 2.70. The molecule has 1 atom stereocenters. The van der Waals surface area contributed by atoms with Crippen molar-refractivity contribution < 1.29 is 4.79 Å². The lowest BCUT2D eigenvalue weighted by molar-refractivity contribution is -0.129. The van der Waals surface area contributed by atoms with Crippen LogP contribution in [0.3, 0.4) is 0 Å². The average molecular weight is 265 g/mol. The standard InChI is InChI=1S/C18H19NO/c1-11-9-13-3-4-15-14(16(13)10-12(11)2)7-8-19-17(15)5-6-18(19)20/h3-4,9-10,17H,5-8H2,1-2H3/t17-/m0/s1. The van der Waals surface area contributed by atoms with Gasteiger partial charge in [-0.1, -0.05) is 24.3 Å². The summed E-state index contributed by atoms with van der Waals surface area (Å²) in [5, 5.41) is 2.73. The molecule has 0 bridgehead atoms. The second-order valence-electron chi connectivity index (χ2n) is 6.18. The molecule has 1 fully saturated rings. The maximum absolute atomic E-state index is 11.9. The molecule has 1 amide bonds. The number of hydrogen-bond acceptors (Lipinski definition) is 1. The molecule has 2 heterocycles. The summed E-state index contributed by atoms with van der Waals surface area (Å²) in [5.74, 6) is 0.334. The van der Waals surface area contributed by atoms with Crippen LogP contribution in [0, 0.1) is 13.8 Å². The van der Waals surface area contributed by atoms with E-state index in [1.54, 1.807) is 0 Å². The molecule has 20 heavy (non-hydrogen) atoms. The third kappa shape index (κ3) is 1.54. The molecule has 0 N–H and O–H groups in total. The second-order valence-corrected chi connectivity index (χ2v) is 6.18. The average Bonchev–Trinajstić information content (AvgIpc) is 2.82. The maximum atomic E-state index is 11.9. The van der Waals surface area contributed by atoms with Gasteiger partial charge in [0, 0.05) is 13.0 Å². The number of hydrogen-bond donors (Lipinski definition) is 0. The van der Waals surface area contributed by atoms with Crippen molar-refractivity contribution in [1.29, 1.82) is 0 Å². The van der Waals surface area contributed by atoms with Gasteiger partial charge in [0.2, 0.25) is 5.91 Å². The number of rotatable bonds is 0. The Balaban J connectivity index is 1.95. The SMILES string of the molecule is Cc1cc2ccc3c(c2cc1C)CCN1C(=O)CC[C@@H]31. The van der Waals surface area contributed by atoms with E-state index in [4.69, 9.17) is 0 Å². The molecule has 2 aromatic rings. The lowest BCUT2D eigenvalue weighted by Gasteiger charge is -2.33. The first-order chi connectivity index (χ1) is 9.65. The van der Waals surface area contributed by atoms with Crippen molar-refractivity contribution in [3.05, 3.63) is 46.5 Å². The summed E-state index contributed by atoms with van der Waals surface area (Å²) in [7, 11) is 0. The van der Waals surface area contributed by atoms with Gasteiger partial charge in [-0.2, -0.15) is 0 Å². The quantitative estimate of drug-likeness (QED) is 0.711. The Bertz CT molecular complexity index is 732. The van der Waals surface area contributed by atoms with Gasteiger partial charge in [-0.05, 0) is 59.7 Å². The summed E-state index contributed by atoms with van der Waals surface area (Å²) < 4.78 is 0. The van der Waals surface area contributed by atoms with E-state index in [0.717, 1.165) is 25.8 Å². The predicted molar refractivity (Wildman–Crippen MR) is 80.8 cm³/mol. The van der Waals surface area contributed by atoms with Gasteiger partial charge in [-0.3, -0.25) is 4.79 Å². The second kappa shape index (κ2) is 4.08. The van der Waals surface area contributed by atoms with E-state index in [9.17, 15) is 4.79 Å². The molecule has 0 aromatic heterocycles. The van der Waals surface area contributed by atoms with E-state index in [1.165, 1.54) is 33.0 Å². The Morgan fingerprint density at radius 1 is 1.10 bits per heavy atom. The summed E-state index contributed by atoms with van der Waals surface area (Å²) in [4.78, 5) is 14.0. The predicted octanol–water partition coefficient (Wildman–Crippen LogP) is 3.68. The van der Waals surface area contributed by atoms with Crippen molar-refractivity contribution in [2.45, 2.75) is 39.2 Å². The number of benzene rings is 2. The van der Waals surface area contributed by atoms with E-state index >= 15 is 0 Å². The van der Waals surface area contributed by atoms with Gasteiger partial charge in [-0.15, -0.1) is 0 Å². The van der Waals surface area contributed by atoms with E-state index in [0.29, 0.717) is 11.9 Å². The van der Waals surface area contributed by atoms with Crippen LogP contribution in [0.2, 0.25) is 0 Å². The molecule has 2 heteroatoms. The topological polar surface area (TPSA) is 20.3 Å². The minimum atomic E-state index is 0.331. The van der Waals surface area contributed by atoms with Crippen molar-refractivity contribution >= 4 is 16.7 Å². The van der Waals surface area contributed by atoms with Crippen LogP contribution < -0.4 is 0 Å². The normalized spacial score (nSPS) is 21.2. The smallest absolute Gasteiger partial charge is 0.223 e. The van der Waals surface area contributed by atoms with Crippen LogP contribution in [0.5, 0.6) is 0 Å². The van der Waals surface area contributed by atoms with Crippen LogP contribution in [0.15, 0.2) is 24.3 Å². The van der Waals surface area contributed by atoms with Gasteiger partial charge < -0.3 is 4.90 Å². The Hall–Kier alpha value is -1.83. The van der Waals surface area contributed by atoms with E-state index in [2.05, 4.69) is 43.0 Å². The number of carbonyl (C=O) groups is 1. The minimum absolute atomic E-state index is 0.331. The highest BCUT2D eigenvalue weighted by Crippen LogP contribution is 2.41. The maximum Gasteiger partial charge on any atom is 0.223 e. The summed E-state index contributed by atoms with van der Waals surface area (Å²) >= 11 is 0. The Morgan fingerprint density at radius 3 is 2.75 bits per heavy atom. The van der Waals surface area contributed by atoms with Crippen molar-refractivity contribution in [2.75, 3.05) is 6.54 Å². The van der Waals surface area contributed by atoms with Crippen LogP contribution in [0.4, 0.5) is 0 Å². The molecule has 0 radical (unpaired) electrons. The number of fused-ring (bicyclic) bond motifs is 5. The molecule has 1 saturated heterocycles. The number of aryl methyl sites for hydroxylation is 2. The Labute approximate surface area is 119 Å². The van der Waals surface area contributed by atoms with Gasteiger partial charge >= 0.3 is 0 Å². The fourth-order valence-electron chi connectivity index (χ4n) is 3.83. The minimum Gasteiger partial charge on any atom is -0.335 e. The van der Waals surface area contributed by atoms with E-state index in [-0.39, 0.29) is 0 Å². The van der Waals surface area contributed by atoms with Crippen molar-refractivity contribution in [1.82, 2.24) is 4.90 Å². The molecule has 2 aromatic carbocycles. The van der Waals surface area contributed by atoms with Crippen molar-refractivity contribution in [2.24, 2.45) is 0 Å². The zero-order valence-electron chi connectivity index (χ0n) is 12.1. The highest BCUT2D eigenvalue weighted by atomic mass is 16.2. The summed E-state index contributed by atoms with van der Waals surface area (Å²) in [5.41, 5.74) is 5.57. The van der Waals surface area contributed by atoms with Gasteiger partial charge in [0.15, 0.2) is 0 Å². The van der Waals surface area contributed by atoms with Crippen LogP contribution in [-0.4, -0.2) is 17.4 Å². The third-order valence-electron chi connectivity index (χ3n) is 5.07. The van der Waals surface area contributed by atoms with Crippen molar-refractivity contribution in [3.8, 4) is 0 Å². The lowest BCUT2D eigenvalue weighted by atomic mass is 9.87. The van der Waals surface area contributed by atoms with Crippen LogP contribution >= 0.6 is 0 Å². The highest BCUT2D eigenvalue weighted by Gasteiger charge is 2.36. The molecule has 0 aliphatic carbocycles.